The summed E-state index contributed by atoms with van der Waals surface area (Å²) in [4.78, 5) is 14.9. The Morgan fingerprint density at radius 1 is 1.26 bits per heavy atom. The zero-order valence-electron chi connectivity index (χ0n) is 12.6. The molecule has 0 spiro atoms. The van der Waals surface area contributed by atoms with Crippen LogP contribution in [0.15, 0.2) is 18.3 Å². The summed E-state index contributed by atoms with van der Waals surface area (Å²) in [6, 6.07) is 3.85. The minimum atomic E-state index is 0.0203. The molecule has 0 N–H and O–H groups in total. The highest BCUT2D eigenvalue weighted by Crippen LogP contribution is 2.05. The van der Waals surface area contributed by atoms with Gasteiger partial charge in [0.05, 0.1) is 25.0 Å². The molecule has 108 valence electrons. The highest BCUT2D eigenvalue weighted by atomic mass is 16.5. The van der Waals surface area contributed by atoms with E-state index in [4.69, 9.17) is 9.47 Å². The minimum absolute atomic E-state index is 0.0203. The smallest absolute Gasteiger partial charge is 0.155 e. The highest BCUT2D eigenvalue weighted by molar-refractivity contribution is 5.76. The molecule has 0 aliphatic rings. The summed E-state index contributed by atoms with van der Waals surface area (Å²) in [6.45, 7) is 10.6. The van der Waals surface area contributed by atoms with Crippen LogP contribution in [0.4, 0.5) is 0 Å². The molecule has 0 radical (unpaired) electrons. The van der Waals surface area contributed by atoms with Gasteiger partial charge in [0.1, 0.15) is 6.61 Å². The molecule has 4 heteroatoms. The molecule has 0 fully saturated rings. The number of carbonyl (C=O) groups excluding carboxylic acids is 1. The van der Waals surface area contributed by atoms with Gasteiger partial charge in [0.25, 0.3) is 0 Å². The second-order valence-corrected chi connectivity index (χ2v) is 4.21. The lowest BCUT2D eigenvalue weighted by Crippen LogP contribution is -2.05. The first-order chi connectivity index (χ1) is 9.08. The van der Waals surface area contributed by atoms with E-state index in [0.717, 1.165) is 11.3 Å². The van der Waals surface area contributed by atoms with Crippen LogP contribution >= 0.6 is 0 Å². The second kappa shape index (κ2) is 10.6. The first-order valence-corrected chi connectivity index (χ1v) is 6.70. The normalized spacial score (nSPS) is 10.0. The van der Waals surface area contributed by atoms with Crippen molar-refractivity contribution in [3.63, 3.8) is 0 Å². The molecule has 0 unspecified atom stereocenters. The quantitative estimate of drug-likeness (QED) is 0.761. The molecule has 0 aromatic carbocycles. The van der Waals surface area contributed by atoms with Crippen molar-refractivity contribution >= 4 is 5.78 Å². The van der Waals surface area contributed by atoms with Crippen molar-refractivity contribution in [1.82, 2.24) is 4.98 Å². The van der Waals surface area contributed by atoms with Gasteiger partial charge in [-0.2, -0.15) is 0 Å². The van der Waals surface area contributed by atoms with Crippen molar-refractivity contribution in [2.24, 2.45) is 0 Å². The van der Waals surface area contributed by atoms with Crippen molar-refractivity contribution < 1.29 is 14.3 Å². The molecule has 0 aliphatic heterocycles. The molecule has 1 aromatic heterocycles. The number of Topliss-reactive ketones (excluding diaryl/α,β-unsaturated/α-hetero) is 1. The molecule has 0 saturated carbocycles. The standard InChI is InChI=1S/C13H19NO3.C2H6/c1-10(2)17-8-12-4-5-13(14-6-12)9-16-7-11(3)15;1-2/h4-6,10H,7-9H2,1-3H3;1-2H3. The summed E-state index contributed by atoms with van der Waals surface area (Å²) < 4.78 is 10.6. The summed E-state index contributed by atoms with van der Waals surface area (Å²) in [5.74, 6) is 0.0203. The lowest BCUT2D eigenvalue weighted by molar-refractivity contribution is -0.121. The molecular formula is C15H25NO3. The molecule has 0 aliphatic carbocycles. The van der Waals surface area contributed by atoms with E-state index in [-0.39, 0.29) is 18.5 Å². The summed E-state index contributed by atoms with van der Waals surface area (Å²) >= 11 is 0. The zero-order valence-corrected chi connectivity index (χ0v) is 12.6. The Balaban J connectivity index is 0.00000154. The summed E-state index contributed by atoms with van der Waals surface area (Å²) in [7, 11) is 0. The Labute approximate surface area is 116 Å². The van der Waals surface area contributed by atoms with Gasteiger partial charge in [0, 0.05) is 6.20 Å². The van der Waals surface area contributed by atoms with Gasteiger partial charge in [-0.05, 0) is 32.4 Å². The third-order valence-electron chi connectivity index (χ3n) is 2.02. The van der Waals surface area contributed by atoms with E-state index in [9.17, 15) is 4.79 Å². The van der Waals surface area contributed by atoms with Crippen molar-refractivity contribution in [2.45, 2.75) is 53.9 Å². The summed E-state index contributed by atoms with van der Waals surface area (Å²) in [6.07, 6.45) is 1.99. The number of aromatic nitrogens is 1. The first-order valence-electron chi connectivity index (χ1n) is 6.70. The van der Waals surface area contributed by atoms with E-state index >= 15 is 0 Å². The van der Waals surface area contributed by atoms with Crippen LogP contribution in [-0.2, 0) is 27.5 Å². The van der Waals surface area contributed by atoms with Crippen LogP contribution in [0.25, 0.3) is 0 Å². The van der Waals surface area contributed by atoms with Crippen LogP contribution in [0, 0.1) is 0 Å². The van der Waals surface area contributed by atoms with Crippen molar-refractivity contribution in [3.05, 3.63) is 29.6 Å². The average molecular weight is 267 g/mol. The number of hydrogen-bond acceptors (Lipinski definition) is 4. The fraction of sp³-hybridized carbons (Fsp3) is 0.600. The lowest BCUT2D eigenvalue weighted by atomic mass is 10.2. The van der Waals surface area contributed by atoms with Crippen LogP contribution in [0.1, 0.15) is 45.9 Å². The Bertz CT molecular complexity index is 347. The van der Waals surface area contributed by atoms with Gasteiger partial charge < -0.3 is 9.47 Å². The number of ether oxygens (including phenoxy) is 2. The Kier molecular flexibility index (Phi) is 9.94. The number of carbonyl (C=O) groups is 1. The molecule has 0 bridgehead atoms. The van der Waals surface area contributed by atoms with Crippen LogP contribution in [0.2, 0.25) is 0 Å². The Morgan fingerprint density at radius 2 is 1.95 bits per heavy atom. The number of pyridine rings is 1. The maximum Gasteiger partial charge on any atom is 0.155 e. The minimum Gasteiger partial charge on any atom is -0.374 e. The number of nitrogens with zero attached hydrogens (tertiary/aromatic N) is 1. The molecule has 19 heavy (non-hydrogen) atoms. The Hall–Kier alpha value is -1.26. The second-order valence-electron chi connectivity index (χ2n) is 4.21. The summed E-state index contributed by atoms with van der Waals surface area (Å²) in [5, 5.41) is 0. The van der Waals surface area contributed by atoms with Crippen LogP contribution in [0.3, 0.4) is 0 Å². The molecule has 0 amide bonds. The van der Waals surface area contributed by atoms with E-state index in [1.165, 1.54) is 6.92 Å². The van der Waals surface area contributed by atoms with Crippen LogP contribution in [0.5, 0.6) is 0 Å². The molecule has 1 aromatic rings. The molecular weight excluding hydrogens is 242 g/mol. The van der Waals surface area contributed by atoms with Gasteiger partial charge in [-0.15, -0.1) is 0 Å². The predicted octanol–water partition coefficient (Wildman–Crippen LogP) is 3.14. The van der Waals surface area contributed by atoms with Gasteiger partial charge in [0.15, 0.2) is 5.78 Å². The maximum absolute atomic E-state index is 10.7. The monoisotopic (exact) mass is 267 g/mol. The SMILES string of the molecule is CC.CC(=O)COCc1ccc(COC(C)C)cn1. The fourth-order valence-corrected chi connectivity index (χ4v) is 1.19. The van der Waals surface area contributed by atoms with Crippen LogP contribution in [-0.4, -0.2) is 23.5 Å². The third kappa shape index (κ3) is 9.33. The van der Waals surface area contributed by atoms with E-state index in [0.29, 0.717) is 13.2 Å². The number of hydrogen-bond donors (Lipinski definition) is 0. The van der Waals surface area contributed by atoms with E-state index in [1.54, 1.807) is 6.20 Å². The molecule has 0 saturated heterocycles. The van der Waals surface area contributed by atoms with Crippen LogP contribution < -0.4 is 0 Å². The summed E-state index contributed by atoms with van der Waals surface area (Å²) in [5.41, 5.74) is 1.86. The van der Waals surface area contributed by atoms with Crippen molar-refractivity contribution in [2.75, 3.05) is 6.61 Å². The largest absolute Gasteiger partial charge is 0.374 e. The van der Waals surface area contributed by atoms with Gasteiger partial charge in [0.2, 0.25) is 0 Å². The Morgan fingerprint density at radius 3 is 2.42 bits per heavy atom. The van der Waals surface area contributed by atoms with E-state index in [1.807, 2.05) is 39.8 Å². The third-order valence-corrected chi connectivity index (χ3v) is 2.02. The number of rotatable bonds is 7. The van der Waals surface area contributed by atoms with E-state index in [2.05, 4.69) is 4.98 Å². The molecule has 1 rings (SSSR count). The van der Waals surface area contributed by atoms with E-state index < -0.39 is 0 Å². The highest BCUT2D eigenvalue weighted by Gasteiger charge is 2.00. The first kappa shape index (κ1) is 17.7. The van der Waals surface area contributed by atoms with Crippen molar-refractivity contribution in [3.8, 4) is 0 Å². The molecule has 4 nitrogen and oxygen atoms in total. The molecule has 1 heterocycles. The van der Waals surface area contributed by atoms with Gasteiger partial charge in [-0.25, -0.2) is 0 Å². The molecule has 0 atom stereocenters. The van der Waals surface area contributed by atoms with Gasteiger partial charge >= 0.3 is 0 Å². The zero-order chi connectivity index (χ0) is 14.7. The topological polar surface area (TPSA) is 48.4 Å². The van der Waals surface area contributed by atoms with Gasteiger partial charge in [-0.3, -0.25) is 9.78 Å². The predicted molar refractivity (Wildman–Crippen MR) is 75.8 cm³/mol. The average Bonchev–Trinajstić information content (AvgIpc) is 2.40. The lowest BCUT2D eigenvalue weighted by Gasteiger charge is -2.07. The van der Waals surface area contributed by atoms with Gasteiger partial charge in [-0.1, -0.05) is 19.9 Å². The number of ketones is 1. The maximum atomic E-state index is 10.7. The fourth-order valence-electron chi connectivity index (χ4n) is 1.19. The van der Waals surface area contributed by atoms with Crippen molar-refractivity contribution in [1.29, 1.82) is 0 Å².